The predicted molar refractivity (Wildman–Crippen MR) is 100 cm³/mol. The Morgan fingerprint density at radius 2 is 2.00 bits per heavy atom. The number of piperidine rings is 1. The van der Waals surface area contributed by atoms with Crippen LogP contribution in [0.4, 0.5) is 0 Å². The first-order valence-electron chi connectivity index (χ1n) is 9.41. The molecular weight excluding hydrogens is 346 g/mol. The van der Waals surface area contributed by atoms with Gasteiger partial charge in [0.1, 0.15) is 11.5 Å². The van der Waals surface area contributed by atoms with Crippen molar-refractivity contribution in [2.75, 3.05) is 13.1 Å². The molecule has 1 spiro atoms. The molecule has 8 nitrogen and oxygen atoms in total. The summed E-state index contributed by atoms with van der Waals surface area (Å²) >= 11 is 0. The van der Waals surface area contributed by atoms with Crippen LogP contribution in [-0.2, 0) is 17.3 Å². The summed E-state index contributed by atoms with van der Waals surface area (Å²) in [6.45, 7) is 7.24. The Morgan fingerprint density at radius 3 is 2.67 bits per heavy atom. The van der Waals surface area contributed by atoms with Crippen molar-refractivity contribution in [1.82, 2.24) is 24.8 Å². The standard InChI is InChI=1S/C19H25N5O3/c1-18(2,3)16-22-13-11(14(25)23-16)5-7-19(13)6-4-8-24(10-19)15(26)12-9-20-17(27)21-12/h9H,4-8,10H2,1-3H3,(H2,20,21,27)(H,22,23,25). The molecule has 2 aromatic rings. The Hall–Kier alpha value is -2.64. The minimum absolute atomic E-state index is 0.0554. The van der Waals surface area contributed by atoms with Crippen LogP contribution in [0.25, 0.3) is 0 Å². The van der Waals surface area contributed by atoms with Gasteiger partial charge in [-0.1, -0.05) is 20.8 Å². The molecule has 3 N–H and O–H groups in total. The number of rotatable bonds is 1. The van der Waals surface area contributed by atoms with Crippen LogP contribution in [0.15, 0.2) is 15.8 Å². The lowest BCUT2D eigenvalue weighted by Crippen LogP contribution is -2.48. The van der Waals surface area contributed by atoms with Crippen molar-refractivity contribution in [3.63, 3.8) is 0 Å². The van der Waals surface area contributed by atoms with E-state index >= 15 is 0 Å². The van der Waals surface area contributed by atoms with E-state index in [1.807, 2.05) is 20.8 Å². The molecule has 1 saturated heterocycles. The molecule has 144 valence electrons. The number of H-pyrrole nitrogens is 3. The SMILES string of the molecule is CC(C)(C)c1nc2c(c(=O)[nH]1)CCC21CCCN(C(=O)c2c[nH]c(=O)[nH]2)C1. The summed E-state index contributed by atoms with van der Waals surface area (Å²) in [6.07, 6.45) is 4.67. The average Bonchev–Trinajstić information content (AvgIpc) is 3.19. The molecule has 1 atom stereocenters. The van der Waals surface area contributed by atoms with Crippen LogP contribution in [0.3, 0.4) is 0 Å². The van der Waals surface area contributed by atoms with Gasteiger partial charge in [-0.2, -0.15) is 0 Å². The smallest absolute Gasteiger partial charge is 0.323 e. The third-order valence-corrected chi connectivity index (χ3v) is 5.77. The maximum atomic E-state index is 12.8. The lowest BCUT2D eigenvalue weighted by Gasteiger charge is -2.40. The van der Waals surface area contributed by atoms with Crippen molar-refractivity contribution in [3.05, 3.63) is 49.8 Å². The molecule has 2 aliphatic rings. The van der Waals surface area contributed by atoms with E-state index in [0.29, 0.717) is 25.3 Å². The van der Waals surface area contributed by atoms with Crippen LogP contribution in [0, 0.1) is 0 Å². The van der Waals surface area contributed by atoms with Crippen molar-refractivity contribution in [3.8, 4) is 0 Å². The number of hydrogen-bond donors (Lipinski definition) is 3. The highest BCUT2D eigenvalue weighted by molar-refractivity contribution is 5.92. The minimum Gasteiger partial charge on any atom is -0.336 e. The number of carbonyl (C=O) groups is 1. The summed E-state index contributed by atoms with van der Waals surface area (Å²) in [6, 6.07) is 0. The summed E-state index contributed by atoms with van der Waals surface area (Å²) in [7, 11) is 0. The number of amides is 1. The Balaban J connectivity index is 1.71. The van der Waals surface area contributed by atoms with Crippen LogP contribution in [0.5, 0.6) is 0 Å². The largest absolute Gasteiger partial charge is 0.336 e. The van der Waals surface area contributed by atoms with E-state index < -0.39 is 0 Å². The van der Waals surface area contributed by atoms with Gasteiger partial charge in [-0.25, -0.2) is 9.78 Å². The van der Waals surface area contributed by atoms with Crippen LogP contribution >= 0.6 is 0 Å². The monoisotopic (exact) mass is 371 g/mol. The molecule has 0 bridgehead atoms. The highest BCUT2D eigenvalue weighted by atomic mass is 16.2. The Bertz CT molecular complexity index is 1010. The first kappa shape index (κ1) is 17.8. The van der Waals surface area contributed by atoms with Gasteiger partial charge in [0.2, 0.25) is 0 Å². The van der Waals surface area contributed by atoms with E-state index in [0.717, 1.165) is 30.5 Å². The highest BCUT2D eigenvalue weighted by Gasteiger charge is 2.46. The molecule has 3 heterocycles. The van der Waals surface area contributed by atoms with Gasteiger partial charge in [0.25, 0.3) is 11.5 Å². The number of carbonyl (C=O) groups excluding carboxylic acids is 1. The number of nitrogens with zero attached hydrogens (tertiary/aromatic N) is 2. The Labute approximate surface area is 156 Å². The lowest BCUT2D eigenvalue weighted by molar-refractivity contribution is 0.0627. The normalized spacial score (nSPS) is 22.3. The van der Waals surface area contributed by atoms with Gasteiger partial charge in [-0.3, -0.25) is 9.59 Å². The third-order valence-electron chi connectivity index (χ3n) is 5.77. The van der Waals surface area contributed by atoms with Gasteiger partial charge in [-0.15, -0.1) is 0 Å². The molecule has 1 aliphatic carbocycles. The molecule has 1 fully saturated rings. The molecule has 4 rings (SSSR count). The fraction of sp³-hybridized carbons (Fsp3) is 0.579. The third kappa shape index (κ3) is 2.93. The molecule has 1 unspecified atom stereocenters. The number of hydrogen-bond acceptors (Lipinski definition) is 4. The fourth-order valence-corrected chi connectivity index (χ4v) is 4.33. The second-order valence-corrected chi connectivity index (χ2v) is 8.76. The first-order valence-corrected chi connectivity index (χ1v) is 9.41. The number of aromatic amines is 3. The molecule has 8 heteroatoms. The number of likely N-dealkylation sites (tertiary alicyclic amines) is 1. The highest BCUT2D eigenvalue weighted by Crippen LogP contribution is 2.43. The molecule has 0 radical (unpaired) electrons. The van der Waals surface area contributed by atoms with Crippen molar-refractivity contribution >= 4 is 5.91 Å². The van der Waals surface area contributed by atoms with Gasteiger partial charge >= 0.3 is 5.69 Å². The Morgan fingerprint density at radius 1 is 1.22 bits per heavy atom. The zero-order valence-corrected chi connectivity index (χ0v) is 15.9. The number of aromatic nitrogens is 4. The number of fused-ring (bicyclic) bond motifs is 2. The van der Waals surface area contributed by atoms with Crippen molar-refractivity contribution in [2.24, 2.45) is 0 Å². The average molecular weight is 371 g/mol. The van der Waals surface area contributed by atoms with E-state index in [2.05, 4.69) is 15.0 Å². The predicted octanol–water partition coefficient (Wildman–Crippen LogP) is 1.20. The van der Waals surface area contributed by atoms with Crippen LogP contribution in [-0.4, -0.2) is 43.8 Å². The van der Waals surface area contributed by atoms with Crippen molar-refractivity contribution in [2.45, 2.75) is 57.3 Å². The zero-order valence-electron chi connectivity index (χ0n) is 15.9. The lowest BCUT2D eigenvalue weighted by atomic mass is 9.77. The molecule has 2 aromatic heterocycles. The first-order chi connectivity index (χ1) is 12.7. The van der Waals surface area contributed by atoms with Crippen LogP contribution in [0.2, 0.25) is 0 Å². The van der Waals surface area contributed by atoms with Gasteiger partial charge in [0.15, 0.2) is 0 Å². The molecule has 0 saturated carbocycles. The second kappa shape index (κ2) is 5.94. The molecule has 0 aromatic carbocycles. The zero-order chi connectivity index (χ0) is 19.4. The van der Waals surface area contributed by atoms with Gasteiger partial charge < -0.3 is 19.9 Å². The van der Waals surface area contributed by atoms with E-state index in [-0.39, 0.29) is 33.7 Å². The van der Waals surface area contributed by atoms with Gasteiger partial charge in [-0.05, 0) is 25.7 Å². The fourth-order valence-electron chi connectivity index (χ4n) is 4.33. The quantitative estimate of drug-likeness (QED) is 0.699. The topological polar surface area (TPSA) is 115 Å². The summed E-state index contributed by atoms with van der Waals surface area (Å²) in [5.74, 6) is 0.493. The maximum absolute atomic E-state index is 12.8. The van der Waals surface area contributed by atoms with E-state index in [1.54, 1.807) is 4.90 Å². The summed E-state index contributed by atoms with van der Waals surface area (Å²) in [4.78, 5) is 51.4. The van der Waals surface area contributed by atoms with E-state index in [1.165, 1.54) is 6.20 Å². The minimum atomic E-state index is -0.390. The molecule has 27 heavy (non-hydrogen) atoms. The van der Waals surface area contributed by atoms with Crippen LogP contribution < -0.4 is 11.2 Å². The molecule has 1 amide bonds. The number of nitrogens with one attached hydrogen (secondary N) is 3. The maximum Gasteiger partial charge on any atom is 0.323 e. The van der Waals surface area contributed by atoms with Crippen LogP contribution in [0.1, 0.15) is 67.6 Å². The van der Waals surface area contributed by atoms with Gasteiger partial charge in [0.05, 0.1) is 5.69 Å². The second-order valence-electron chi connectivity index (χ2n) is 8.76. The van der Waals surface area contributed by atoms with Gasteiger partial charge in [0, 0.05) is 35.7 Å². The summed E-state index contributed by atoms with van der Waals surface area (Å²) < 4.78 is 0. The van der Waals surface area contributed by atoms with E-state index in [4.69, 9.17) is 4.98 Å². The number of imidazole rings is 1. The summed E-state index contributed by atoms with van der Waals surface area (Å²) in [5, 5.41) is 0. The molecular formula is C19H25N5O3. The Kier molecular flexibility index (Phi) is 3.90. The summed E-state index contributed by atoms with van der Waals surface area (Å²) in [5.41, 5.74) is 0.897. The van der Waals surface area contributed by atoms with Crippen molar-refractivity contribution < 1.29 is 4.79 Å². The molecule has 1 aliphatic heterocycles. The van der Waals surface area contributed by atoms with E-state index in [9.17, 15) is 14.4 Å². The van der Waals surface area contributed by atoms with Crippen molar-refractivity contribution in [1.29, 1.82) is 0 Å².